The van der Waals surface area contributed by atoms with E-state index in [4.69, 9.17) is 9.47 Å². The molecule has 0 aromatic carbocycles. The van der Waals surface area contributed by atoms with Crippen molar-refractivity contribution >= 4 is 0 Å². The fourth-order valence-corrected chi connectivity index (χ4v) is 1.94. The lowest BCUT2D eigenvalue weighted by atomic mass is 10.1. The lowest BCUT2D eigenvalue weighted by Gasteiger charge is -2.30. The fraction of sp³-hybridized carbons (Fsp3) is 0.667. The summed E-state index contributed by atoms with van der Waals surface area (Å²) in [6.07, 6.45) is 0. The van der Waals surface area contributed by atoms with Gasteiger partial charge in [-0.1, -0.05) is 0 Å². The van der Waals surface area contributed by atoms with Crippen LogP contribution in [0.25, 0.3) is 0 Å². The lowest BCUT2D eigenvalue weighted by Crippen LogP contribution is -2.36. The minimum Gasteiger partial charge on any atom is -0.481 e. The van der Waals surface area contributed by atoms with E-state index < -0.39 is 0 Å². The van der Waals surface area contributed by atoms with Gasteiger partial charge in [-0.2, -0.15) is 9.97 Å². The Bertz CT molecular complexity index is 426. The first-order chi connectivity index (χ1) is 7.95. The van der Waals surface area contributed by atoms with E-state index in [0.29, 0.717) is 11.9 Å². The van der Waals surface area contributed by atoms with Crippen molar-refractivity contribution in [1.82, 2.24) is 14.9 Å². The molecule has 0 saturated carbocycles. The molecule has 1 aliphatic rings. The quantitative estimate of drug-likeness (QED) is 0.782. The van der Waals surface area contributed by atoms with E-state index in [0.717, 1.165) is 24.3 Å². The molecule has 1 aromatic rings. The molecule has 2 heterocycles. The molecule has 2 rings (SSSR count). The van der Waals surface area contributed by atoms with Gasteiger partial charge in [-0.25, -0.2) is 0 Å². The SMILES string of the molecule is COc1nc2c(c(OC)n1)CN(C(C)(C)C)C2. The van der Waals surface area contributed by atoms with E-state index in [9.17, 15) is 0 Å². The topological polar surface area (TPSA) is 47.5 Å². The van der Waals surface area contributed by atoms with Gasteiger partial charge in [0.05, 0.1) is 25.5 Å². The second kappa shape index (κ2) is 4.14. The Morgan fingerprint density at radius 3 is 2.29 bits per heavy atom. The van der Waals surface area contributed by atoms with Crippen molar-refractivity contribution in [3.63, 3.8) is 0 Å². The average Bonchev–Trinajstić information content (AvgIpc) is 2.70. The predicted octanol–water partition coefficient (Wildman–Crippen LogP) is 1.61. The number of hydrogen-bond donors (Lipinski definition) is 0. The Balaban J connectivity index is 2.37. The van der Waals surface area contributed by atoms with Crippen molar-refractivity contribution in [1.29, 1.82) is 0 Å². The van der Waals surface area contributed by atoms with E-state index in [-0.39, 0.29) is 5.54 Å². The molecule has 1 aromatic heterocycles. The van der Waals surface area contributed by atoms with Crippen molar-refractivity contribution in [3.05, 3.63) is 11.3 Å². The van der Waals surface area contributed by atoms with E-state index in [2.05, 4.69) is 35.6 Å². The summed E-state index contributed by atoms with van der Waals surface area (Å²) in [6.45, 7) is 8.21. The van der Waals surface area contributed by atoms with E-state index in [1.807, 2.05) is 0 Å². The molecule has 0 unspecified atom stereocenters. The molecule has 0 fully saturated rings. The van der Waals surface area contributed by atoms with Gasteiger partial charge in [-0.05, 0) is 20.8 Å². The molecule has 1 aliphatic heterocycles. The van der Waals surface area contributed by atoms with Crippen LogP contribution in [0, 0.1) is 0 Å². The number of methoxy groups -OCH3 is 2. The van der Waals surface area contributed by atoms with Gasteiger partial charge in [0.15, 0.2) is 0 Å². The third kappa shape index (κ3) is 2.20. The maximum absolute atomic E-state index is 5.30. The second-order valence-corrected chi connectivity index (χ2v) is 5.17. The summed E-state index contributed by atoms with van der Waals surface area (Å²) >= 11 is 0. The van der Waals surface area contributed by atoms with Gasteiger partial charge < -0.3 is 9.47 Å². The molecule has 0 radical (unpaired) electrons. The van der Waals surface area contributed by atoms with E-state index in [1.54, 1.807) is 14.2 Å². The number of hydrogen-bond acceptors (Lipinski definition) is 5. The normalized spacial score (nSPS) is 15.8. The zero-order valence-corrected chi connectivity index (χ0v) is 11.1. The lowest BCUT2D eigenvalue weighted by molar-refractivity contribution is 0.135. The highest BCUT2D eigenvalue weighted by molar-refractivity contribution is 5.35. The summed E-state index contributed by atoms with van der Waals surface area (Å²) < 4.78 is 10.4. The molecular formula is C12H19N3O2. The zero-order chi connectivity index (χ0) is 12.6. The number of rotatable bonds is 2. The minimum atomic E-state index is 0.110. The molecule has 0 aliphatic carbocycles. The number of aromatic nitrogens is 2. The van der Waals surface area contributed by atoms with Crippen molar-refractivity contribution in [2.45, 2.75) is 39.4 Å². The molecule has 0 saturated heterocycles. The van der Waals surface area contributed by atoms with Gasteiger partial charge in [0.25, 0.3) is 0 Å². The number of ether oxygens (including phenoxy) is 2. The highest BCUT2D eigenvalue weighted by atomic mass is 16.5. The van der Waals surface area contributed by atoms with Gasteiger partial charge >= 0.3 is 6.01 Å². The highest BCUT2D eigenvalue weighted by Crippen LogP contribution is 2.33. The van der Waals surface area contributed by atoms with Crippen LogP contribution in [0.3, 0.4) is 0 Å². The predicted molar refractivity (Wildman–Crippen MR) is 64.1 cm³/mol. The van der Waals surface area contributed by atoms with Gasteiger partial charge in [-0.3, -0.25) is 4.90 Å². The van der Waals surface area contributed by atoms with Crippen LogP contribution in [-0.4, -0.2) is 34.6 Å². The zero-order valence-electron chi connectivity index (χ0n) is 11.1. The number of fused-ring (bicyclic) bond motifs is 1. The molecule has 0 atom stereocenters. The molecule has 0 spiro atoms. The van der Waals surface area contributed by atoms with Crippen molar-refractivity contribution in [3.8, 4) is 11.9 Å². The van der Waals surface area contributed by atoms with Crippen LogP contribution in [-0.2, 0) is 13.1 Å². The highest BCUT2D eigenvalue weighted by Gasteiger charge is 2.32. The third-order valence-corrected chi connectivity index (χ3v) is 3.05. The van der Waals surface area contributed by atoms with Gasteiger partial charge in [-0.15, -0.1) is 0 Å². The molecule has 17 heavy (non-hydrogen) atoms. The van der Waals surface area contributed by atoms with Crippen LogP contribution in [0.5, 0.6) is 11.9 Å². The summed E-state index contributed by atoms with van der Waals surface area (Å²) in [5.74, 6) is 0.624. The Morgan fingerprint density at radius 2 is 1.76 bits per heavy atom. The summed E-state index contributed by atoms with van der Waals surface area (Å²) in [4.78, 5) is 10.9. The molecule has 5 heteroatoms. The Morgan fingerprint density at radius 1 is 1.06 bits per heavy atom. The van der Waals surface area contributed by atoms with Crippen molar-refractivity contribution < 1.29 is 9.47 Å². The van der Waals surface area contributed by atoms with Crippen LogP contribution >= 0.6 is 0 Å². The van der Waals surface area contributed by atoms with Crippen LogP contribution in [0.1, 0.15) is 32.0 Å². The maximum atomic E-state index is 5.30. The largest absolute Gasteiger partial charge is 0.481 e. The minimum absolute atomic E-state index is 0.110. The monoisotopic (exact) mass is 237 g/mol. The van der Waals surface area contributed by atoms with E-state index >= 15 is 0 Å². The average molecular weight is 237 g/mol. The molecule has 5 nitrogen and oxygen atoms in total. The maximum Gasteiger partial charge on any atom is 0.319 e. The van der Waals surface area contributed by atoms with Crippen LogP contribution < -0.4 is 9.47 Å². The number of nitrogens with zero attached hydrogens (tertiary/aromatic N) is 3. The first-order valence-corrected chi connectivity index (χ1v) is 5.68. The Kier molecular flexibility index (Phi) is 2.95. The van der Waals surface area contributed by atoms with Gasteiger partial charge in [0, 0.05) is 18.6 Å². The summed E-state index contributed by atoms with van der Waals surface area (Å²) in [6, 6.07) is 0.372. The second-order valence-electron chi connectivity index (χ2n) is 5.17. The summed E-state index contributed by atoms with van der Waals surface area (Å²) in [5, 5.41) is 0. The van der Waals surface area contributed by atoms with Gasteiger partial charge in [0.1, 0.15) is 0 Å². The Labute approximate surface area is 102 Å². The van der Waals surface area contributed by atoms with Gasteiger partial charge in [0.2, 0.25) is 5.88 Å². The molecule has 0 amide bonds. The fourth-order valence-electron chi connectivity index (χ4n) is 1.94. The first-order valence-electron chi connectivity index (χ1n) is 5.68. The third-order valence-electron chi connectivity index (χ3n) is 3.05. The van der Waals surface area contributed by atoms with E-state index in [1.165, 1.54) is 0 Å². The van der Waals surface area contributed by atoms with Crippen molar-refractivity contribution in [2.24, 2.45) is 0 Å². The Hall–Kier alpha value is -1.36. The van der Waals surface area contributed by atoms with Crippen LogP contribution in [0.15, 0.2) is 0 Å². The smallest absolute Gasteiger partial charge is 0.319 e. The molecule has 94 valence electrons. The van der Waals surface area contributed by atoms with Crippen molar-refractivity contribution in [2.75, 3.05) is 14.2 Å². The standard InChI is InChI=1S/C12H19N3O2/c1-12(2,3)15-6-8-9(7-15)13-11(17-5)14-10(8)16-4/h6-7H2,1-5H3. The first kappa shape index (κ1) is 12.1. The molecule has 0 bridgehead atoms. The molecular weight excluding hydrogens is 218 g/mol. The van der Waals surface area contributed by atoms with Crippen LogP contribution in [0.4, 0.5) is 0 Å². The molecule has 0 N–H and O–H groups in total. The summed E-state index contributed by atoms with van der Waals surface area (Å²) in [5.41, 5.74) is 2.19. The van der Waals surface area contributed by atoms with Crippen LogP contribution in [0.2, 0.25) is 0 Å². The summed E-state index contributed by atoms with van der Waals surface area (Å²) in [7, 11) is 3.19.